The van der Waals surface area contributed by atoms with Crippen LogP contribution in [0.15, 0.2) is 30.5 Å². The van der Waals surface area contributed by atoms with E-state index in [1.165, 1.54) is 12.8 Å². The third-order valence-corrected chi connectivity index (χ3v) is 3.77. The molecule has 0 saturated heterocycles. The number of anilines is 1. The second-order valence-electron chi connectivity index (χ2n) is 5.74. The summed E-state index contributed by atoms with van der Waals surface area (Å²) in [6.45, 7) is 5.44. The number of nitrogens with one attached hydrogen (secondary N) is 1. The average Bonchev–Trinajstić information content (AvgIpc) is 2.46. The molecule has 21 heavy (non-hydrogen) atoms. The van der Waals surface area contributed by atoms with Gasteiger partial charge in [0.1, 0.15) is 4.99 Å². The Labute approximate surface area is 132 Å². The van der Waals surface area contributed by atoms with E-state index >= 15 is 0 Å². The van der Waals surface area contributed by atoms with E-state index in [4.69, 9.17) is 18.0 Å². The van der Waals surface area contributed by atoms with E-state index in [0.29, 0.717) is 4.99 Å². The number of nitrogens with two attached hydrogens (primary N) is 1. The number of nitrogens with zero attached hydrogens (tertiary/aromatic N) is 1. The highest BCUT2D eigenvalue weighted by atomic mass is 32.1. The van der Waals surface area contributed by atoms with Crippen LogP contribution >= 0.6 is 12.2 Å². The summed E-state index contributed by atoms with van der Waals surface area (Å²) in [7, 11) is 0. The molecule has 4 heteroatoms. The second-order valence-corrected chi connectivity index (χ2v) is 6.18. The zero-order valence-electron chi connectivity index (χ0n) is 12.7. The van der Waals surface area contributed by atoms with Gasteiger partial charge in [-0.1, -0.05) is 57.1 Å². The molecule has 0 atom stereocenters. The molecule has 2 aromatic rings. The lowest BCUT2D eigenvalue weighted by Crippen LogP contribution is -2.15. The lowest BCUT2D eigenvalue weighted by atomic mass is 10.1. The second kappa shape index (κ2) is 7.36. The van der Waals surface area contributed by atoms with Crippen molar-refractivity contribution in [1.29, 1.82) is 0 Å². The number of aromatic nitrogens is 1. The third kappa shape index (κ3) is 4.14. The Balaban J connectivity index is 2.16. The number of benzene rings is 1. The molecule has 0 aliphatic heterocycles. The molecule has 3 N–H and O–H groups in total. The Bertz CT molecular complexity index is 622. The van der Waals surface area contributed by atoms with Crippen molar-refractivity contribution in [2.24, 2.45) is 11.7 Å². The minimum absolute atomic E-state index is 0.387. The first-order valence-corrected chi connectivity index (χ1v) is 7.92. The van der Waals surface area contributed by atoms with E-state index in [1.54, 1.807) is 6.20 Å². The van der Waals surface area contributed by atoms with Gasteiger partial charge >= 0.3 is 0 Å². The molecule has 0 fully saturated rings. The van der Waals surface area contributed by atoms with Gasteiger partial charge in [0.25, 0.3) is 0 Å². The molecular formula is C17H23N3S. The normalized spacial score (nSPS) is 11.0. The molecule has 0 bridgehead atoms. The van der Waals surface area contributed by atoms with Crippen molar-refractivity contribution in [3.63, 3.8) is 0 Å². The van der Waals surface area contributed by atoms with Crippen molar-refractivity contribution < 1.29 is 0 Å². The van der Waals surface area contributed by atoms with Crippen LogP contribution in [0.25, 0.3) is 10.9 Å². The lowest BCUT2D eigenvalue weighted by Gasteiger charge is -2.14. The van der Waals surface area contributed by atoms with E-state index in [9.17, 15) is 0 Å². The summed E-state index contributed by atoms with van der Waals surface area (Å²) in [5.41, 5.74) is 8.63. The fourth-order valence-electron chi connectivity index (χ4n) is 2.41. The van der Waals surface area contributed by atoms with Gasteiger partial charge in [-0.2, -0.15) is 0 Å². The summed E-state index contributed by atoms with van der Waals surface area (Å²) in [5.74, 6) is 0.763. The highest BCUT2D eigenvalue weighted by Gasteiger charge is 2.10. The van der Waals surface area contributed by atoms with Crippen molar-refractivity contribution in [1.82, 2.24) is 4.98 Å². The molecule has 0 spiro atoms. The molecule has 0 radical (unpaired) electrons. The van der Waals surface area contributed by atoms with Crippen molar-refractivity contribution in [2.75, 3.05) is 11.9 Å². The van der Waals surface area contributed by atoms with E-state index in [0.717, 1.165) is 41.0 Å². The van der Waals surface area contributed by atoms with Gasteiger partial charge in [-0.25, -0.2) is 0 Å². The molecule has 0 aliphatic carbocycles. The highest BCUT2D eigenvalue weighted by Crippen LogP contribution is 2.26. The first-order chi connectivity index (χ1) is 10.1. The van der Waals surface area contributed by atoms with Crippen molar-refractivity contribution in [3.05, 3.63) is 36.0 Å². The van der Waals surface area contributed by atoms with Crippen LogP contribution in [0.4, 0.5) is 5.69 Å². The number of para-hydroxylation sites is 1. The largest absolute Gasteiger partial charge is 0.389 e. The SMILES string of the molecule is CC(C)CCCCNc1c(C(N)=S)cnc2ccccc12. The molecule has 1 aromatic heterocycles. The monoisotopic (exact) mass is 301 g/mol. The Hall–Kier alpha value is -1.68. The predicted molar refractivity (Wildman–Crippen MR) is 94.8 cm³/mol. The van der Waals surface area contributed by atoms with Crippen molar-refractivity contribution >= 4 is 33.8 Å². The predicted octanol–water partition coefficient (Wildman–Crippen LogP) is 4.11. The Kier molecular flexibility index (Phi) is 5.51. The molecule has 0 unspecified atom stereocenters. The third-order valence-electron chi connectivity index (χ3n) is 3.55. The zero-order chi connectivity index (χ0) is 15.2. The average molecular weight is 301 g/mol. The summed E-state index contributed by atoms with van der Waals surface area (Å²) in [6.07, 6.45) is 5.41. The first-order valence-electron chi connectivity index (χ1n) is 7.51. The summed E-state index contributed by atoms with van der Waals surface area (Å²) in [4.78, 5) is 4.81. The number of rotatable bonds is 7. The Morgan fingerprint density at radius 2 is 2.05 bits per heavy atom. The van der Waals surface area contributed by atoms with Crippen LogP contribution in [0.1, 0.15) is 38.7 Å². The van der Waals surface area contributed by atoms with Crippen LogP contribution in [0.5, 0.6) is 0 Å². The zero-order valence-corrected chi connectivity index (χ0v) is 13.5. The van der Waals surface area contributed by atoms with E-state index in [-0.39, 0.29) is 0 Å². The maximum atomic E-state index is 5.83. The molecule has 1 heterocycles. The van der Waals surface area contributed by atoms with Crippen LogP contribution in [-0.4, -0.2) is 16.5 Å². The van der Waals surface area contributed by atoms with Crippen molar-refractivity contribution in [2.45, 2.75) is 33.1 Å². The number of pyridine rings is 1. The van der Waals surface area contributed by atoms with Crippen LogP contribution in [-0.2, 0) is 0 Å². The fraction of sp³-hybridized carbons (Fsp3) is 0.412. The van der Waals surface area contributed by atoms with Gasteiger partial charge in [0.15, 0.2) is 0 Å². The number of hydrogen-bond acceptors (Lipinski definition) is 3. The molecule has 3 nitrogen and oxygen atoms in total. The van der Waals surface area contributed by atoms with Crippen LogP contribution < -0.4 is 11.1 Å². The minimum atomic E-state index is 0.387. The Morgan fingerprint density at radius 1 is 1.29 bits per heavy atom. The summed E-state index contributed by atoms with van der Waals surface area (Å²) in [5, 5.41) is 4.58. The summed E-state index contributed by atoms with van der Waals surface area (Å²) in [6, 6.07) is 8.06. The summed E-state index contributed by atoms with van der Waals surface area (Å²) >= 11 is 5.15. The van der Waals surface area contributed by atoms with Crippen LogP contribution in [0.3, 0.4) is 0 Å². The topological polar surface area (TPSA) is 50.9 Å². The van der Waals surface area contributed by atoms with Gasteiger partial charge in [-0.05, 0) is 18.4 Å². The molecule has 2 rings (SSSR count). The number of fused-ring (bicyclic) bond motifs is 1. The quantitative estimate of drug-likeness (QED) is 0.597. The maximum absolute atomic E-state index is 5.83. The van der Waals surface area contributed by atoms with Gasteiger partial charge in [-0.15, -0.1) is 0 Å². The van der Waals surface area contributed by atoms with Gasteiger partial charge in [0, 0.05) is 18.1 Å². The van der Waals surface area contributed by atoms with Crippen LogP contribution in [0, 0.1) is 5.92 Å². The maximum Gasteiger partial charge on any atom is 0.107 e. The highest BCUT2D eigenvalue weighted by molar-refractivity contribution is 7.80. The van der Waals surface area contributed by atoms with Crippen LogP contribution in [0.2, 0.25) is 0 Å². The molecule has 0 amide bonds. The Morgan fingerprint density at radius 3 is 2.76 bits per heavy atom. The van der Waals surface area contributed by atoms with E-state index < -0.39 is 0 Å². The smallest absolute Gasteiger partial charge is 0.107 e. The van der Waals surface area contributed by atoms with Gasteiger partial charge in [0.2, 0.25) is 0 Å². The molecule has 0 aliphatic rings. The van der Waals surface area contributed by atoms with Crippen molar-refractivity contribution in [3.8, 4) is 0 Å². The number of hydrogen-bond donors (Lipinski definition) is 2. The molecule has 1 aromatic carbocycles. The standard InChI is InChI=1S/C17H23N3S/c1-12(2)7-5-6-10-19-16-13-8-3-4-9-15(13)20-11-14(16)17(18)21/h3-4,8-9,11-12H,5-7,10H2,1-2H3,(H2,18,21)(H,19,20). The van der Waals surface area contributed by atoms with E-state index in [1.807, 2.05) is 18.2 Å². The van der Waals surface area contributed by atoms with Gasteiger partial charge in [0.05, 0.1) is 16.8 Å². The van der Waals surface area contributed by atoms with Gasteiger partial charge in [-0.3, -0.25) is 4.98 Å². The molecule has 0 saturated carbocycles. The number of thiocarbonyl (C=S) groups is 1. The van der Waals surface area contributed by atoms with E-state index in [2.05, 4.69) is 30.2 Å². The molecular weight excluding hydrogens is 278 g/mol. The van der Waals surface area contributed by atoms with Gasteiger partial charge < -0.3 is 11.1 Å². The lowest BCUT2D eigenvalue weighted by molar-refractivity contribution is 0.545. The summed E-state index contributed by atoms with van der Waals surface area (Å²) < 4.78 is 0. The molecule has 112 valence electrons. The minimum Gasteiger partial charge on any atom is -0.389 e. The number of unbranched alkanes of at least 4 members (excludes halogenated alkanes) is 1. The first kappa shape index (κ1) is 15.7. The fourth-order valence-corrected chi connectivity index (χ4v) is 2.56.